The molecular weight excluding hydrogens is 290 g/mol. The summed E-state index contributed by atoms with van der Waals surface area (Å²) in [6.07, 6.45) is 1.32. The van der Waals surface area contributed by atoms with Crippen molar-refractivity contribution in [3.05, 3.63) is 35.4 Å². The summed E-state index contributed by atoms with van der Waals surface area (Å²) in [5.74, 6) is 0.0103. The summed E-state index contributed by atoms with van der Waals surface area (Å²) in [6.45, 7) is 7.38. The van der Waals surface area contributed by atoms with Gasteiger partial charge in [-0.3, -0.25) is 9.69 Å². The molecule has 1 fully saturated rings. The first kappa shape index (κ1) is 17.5. The van der Waals surface area contributed by atoms with Crippen molar-refractivity contribution in [3.63, 3.8) is 0 Å². The lowest BCUT2D eigenvalue weighted by Crippen LogP contribution is -2.43. The van der Waals surface area contributed by atoms with E-state index in [0.717, 1.165) is 39.3 Å². The molecule has 0 N–H and O–H groups in total. The van der Waals surface area contributed by atoms with Gasteiger partial charge in [0.2, 0.25) is 0 Å². The van der Waals surface area contributed by atoms with Gasteiger partial charge in [0.25, 0.3) is 5.91 Å². The third-order valence-corrected chi connectivity index (χ3v) is 4.18. The number of hydrogen-bond acceptors (Lipinski definition) is 4. The molecule has 0 unspecified atom stereocenters. The second-order valence-electron chi connectivity index (χ2n) is 5.70. The summed E-state index contributed by atoms with van der Waals surface area (Å²) >= 11 is 0. The first-order valence-corrected chi connectivity index (χ1v) is 8.30. The monoisotopic (exact) mass is 315 g/mol. The lowest BCUT2D eigenvalue weighted by molar-refractivity contribution is 0.0326. The van der Waals surface area contributed by atoms with Gasteiger partial charge in [-0.25, -0.2) is 0 Å². The Balaban J connectivity index is 1.97. The predicted octanol–water partition coefficient (Wildman–Crippen LogP) is 1.94. The molecule has 0 saturated carbocycles. The van der Waals surface area contributed by atoms with Crippen LogP contribution in [0.1, 0.15) is 29.3 Å². The Bertz CT molecular complexity index is 530. The highest BCUT2D eigenvalue weighted by Crippen LogP contribution is 2.09. The molecule has 1 aliphatic rings. The largest absolute Gasteiger partial charge is 0.379 e. The van der Waals surface area contributed by atoms with Gasteiger partial charge in [-0.2, -0.15) is 5.26 Å². The maximum Gasteiger partial charge on any atom is 0.253 e. The molecule has 1 saturated heterocycles. The average molecular weight is 315 g/mol. The van der Waals surface area contributed by atoms with E-state index in [0.29, 0.717) is 25.1 Å². The van der Waals surface area contributed by atoms with Crippen LogP contribution in [0, 0.1) is 11.3 Å². The normalized spacial score (nSPS) is 15.1. The summed E-state index contributed by atoms with van der Waals surface area (Å²) < 4.78 is 5.34. The van der Waals surface area contributed by atoms with E-state index >= 15 is 0 Å². The lowest BCUT2D eigenvalue weighted by atomic mass is 10.1. The van der Waals surface area contributed by atoms with Crippen molar-refractivity contribution in [3.8, 4) is 6.07 Å². The van der Waals surface area contributed by atoms with Crippen LogP contribution in [-0.4, -0.2) is 61.6 Å². The van der Waals surface area contributed by atoms with Crippen LogP contribution in [0.4, 0.5) is 0 Å². The van der Waals surface area contributed by atoms with Crippen molar-refractivity contribution in [1.29, 1.82) is 5.26 Å². The van der Waals surface area contributed by atoms with Crippen LogP contribution in [0.5, 0.6) is 0 Å². The number of aryl methyl sites for hydroxylation is 1. The zero-order valence-electron chi connectivity index (χ0n) is 13.8. The number of benzene rings is 1. The Morgan fingerprint density at radius 2 is 1.96 bits per heavy atom. The van der Waals surface area contributed by atoms with Crippen LogP contribution in [0.15, 0.2) is 24.3 Å². The number of nitrogens with zero attached hydrogens (tertiary/aromatic N) is 3. The number of rotatable bonds is 7. The van der Waals surface area contributed by atoms with E-state index in [1.54, 1.807) is 4.90 Å². The fourth-order valence-corrected chi connectivity index (χ4v) is 2.65. The highest BCUT2D eigenvalue weighted by atomic mass is 16.5. The van der Waals surface area contributed by atoms with Gasteiger partial charge in [0, 0.05) is 38.3 Å². The van der Waals surface area contributed by atoms with E-state index in [4.69, 9.17) is 10.00 Å². The Kier molecular flexibility index (Phi) is 7.05. The maximum absolute atomic E-state index is 12.7. The zero-order chi connectivity index (χ0) is 16.5. The summed E-state index contributed by atoms with van der Waals surface area (Å²) in [6, 6.07) is 9.90. The van der Waals surface area contributed by atoms with Gasteiger partial charge >= 0.3 is 0 Å². The third kappa shape index (κ3) is 5.34. The molecule has 2 rings (SSSR count). The topological polar surface area (TPSA) is 56.6 Å². The van der Waals surface area contributed by atoms with E-state index < -0.39 is 0 Å². The Morgan fingerprint density at radius 3 is 2.57 bits per heavy atom. The third-order valence-electron chi connectivity index (χ3n) is 4.18. The molecule has 0 spiro atoms. The summed E-state index contributed by atoms with van der Waals surface area (Å²) in [5.41, 5.74) is 1.92. The summed E-state index contributed by atoms with van der Waals surface area (Å²) in [4.78, 5) is 16.8. The molecule has 5 heteroatoms. The molecule has 23 heavy (non-hydrogen) atoms. The van der Waals surface area contributed by atoms with Crippen LogP contribution < -0.4 is 0 Å². The first-order chi connectivity index (χ1) is 11.2. The molecule has 1 heterocycles. The Morgan fingerprint density at radius 1 is 1.26 bits per heavy atom. The van der Waals surface area contributed by atoms with Crippen molar-refractivity contribution < 1.29 is 9.53 Å². The van der Waals surface area contributed by atoms with Crippen LogP contribution in [0.3, 0.4) is 0 Å². The van der Waals surface area contributed by atoms with Gasteiger partial charge in [0.15, 0.2) is 0 Å². The van der Waals surface area contributed by atoms with Crippen molar-refractivity contribution in [2.75, 3.05) is 45.9 Å². The number of ether oxygens (including phenoxy) is 1. The van der Waals surface area contributed by atoms with E-state index in [1.165, 1.54) is 5.56 Å². The number of nitriles is 1. The SMILES string of the molecule is CCc1ccc(C(=O)N(CCC#N)CCN2CCOCC2)cc1. The standard InChI is InChI=1S/C18H25N3O2/c1-2-16-4-6-17(7-5-16)18(22)21(9-3-8-19)11-10-20-12-14-23-15-13-20/h4-7H,2-3,9-15H2,1H3. The number of carbonyl (C=O) groups is 1. The fourth-order valence-electron chi connectivity index (χ4n) is 2.65. The summed E-state index contributed by atoms with van der Waals surface area (Å²) in [7, 11) is 0. The smallest absolute Gasteiger partial charge is 0.253 e. The second kappa shape index (κ2) is 9.29. The second-order valence-corrected chi connectivity index (χ2v) is 5.70. The molecule has 1 aliphatic heterocycles. The molecule has 0 aromatic heterocycles. The van der Waals surface area contributed by atoms with Crippen molar-refractivity contribution in [2.24, 2.45) is 0 Å². The molecule has 0 aliphatic carbocycles. The van der Waals surface area contributed by atoms with Crippen LogP contribution in [0.25, 0.3) is 0 Å². The highest BCUT2D eigenvalue weighted by Gasteiger charge is 2.17. The number of amides is 1. The van der Waals surface area contributed by atoms with Crippen LogP contribution in [-0.2, 0) is 11.2 Å². The molecule has 0 bridgehead atoms. The van der Waals surface area contributed by atoms with Gasteiger partial charge in [-0.1, -0.05) is 19.1 Å². The number of carbonyl (C=O) groups excluding carboxylic acids is 1. The van der Waals surface area contributed by atoms with Gasteiger partial charge in [0.1, 0.15) is 0 Å². The molecule has 5 nitrogen and oxygen atoms in total. The van der Waals surface area contributed by atoms with Crippen LogP contribution in [0.2, 0.25) is 0 Å². The molecular formula is C18H25N3O2. The zero-order valence-corrected chi connectivity index (χ0v) is 13.8. The number of hydrogen-bond donors (Lipinski definition) is 0. The highest BCUT2D eigenvalue weighted by molar-refractivity contribution is 5.94. The predicted molar refractivity (Wildman–Crippen MR) is 89.2 cm³/mol. The molecule has 0 atom stereocenters. The lowest BCUT2D eigenvalue weighted by Gasteiger charge is -2.30. The van der Waals surface area contributed by atoms with Gasteiger partial charge < -0.3 is 9.64 Å². The molecule has 1 aromatic carbocycles. The van der Waals surface area contributed by atoms with E-state index in [-0.39, 0.29) is 5.91 Å². The quantitative estimate of drug-likeness (QED) is 0.771. The fraction of sp³-hybridized carbons (Fsp3) is 0.556. The Labute approximate surface area is 138 Å². The van der Waals surface area contributed by atoms with Gasteiger partial charge in [-0.05, 0) is 24.1 Å². The van der Waals surface area contributed by atoms with Gasteiger partial charge in [-0.15, -0.1) is 0 Å². The van der Waals surface area contributed by atoms with Crippen molar-refractivity contribution in [2.45, 2.75) is 19.8 Å². The average Bonchev–Trinajstić information content (AvgIpc) is 2.62. The maximum atomic E-state index is 12.7. The Hall–Kier alpha value is -1.90. The molecule has 0 radical (unpaired) electrons. The van der Waals surface area contributed by atoms with E-state index in [9.17, 15) is 4.79 Å². The molecule has 124 valence electrons. The minimum atomic E-state index is 0.0103. The molecule has 1 amide bonds. The minimum absolute atomic E-state index is 0.0103. The van der Waals surface area contributed by atoms with Gasteiger partial charge in [0.05, 0.1) is 25.7 Å². The van der Waals surface area contributed by atoms with Crippen molar-refractivity contribution >= 4 is 5.91 Å². The number of morpholine rings is 1. The summed E-state index contributed by atoms with van der Waals surface area (Å²) in [5, 5.41) is 8.84. The molecule has 1 aromatic rings. The van der Waals surface area contributed by atoms with E-state index in [2.05, 4.69) is 17.9 Å². The first-order valence-electron chi connectivity index (χ1n) is 8.30. The van der Waals surface area contributed by atoms with Crippen molar-refractivity contribution in [1.82, 2.24) is 9.80 Å². The van der Waals surface area contributed by atoms with E-state index in [1.807, 2.05) is 24.3 Å². The van der Waals surface area contributed by atoms with Crippen LogP contribution >= 0.6 is 0 Å². The minimum Gasteiger partial charge on any atom is -0.379 e.